The van der Waals surface area contributed by atoms with E-state index in [-0.39, 0.29) is 16.6 Å². The molecule has 0 bridgehead atoms. The molecule has 6 nitrogen and oxygen atoms in total. The Hall–Kier alpha value is -1.30. The minimum atomic E-state index is -3.92. The Morgan fingerprint density at radius 3 is 2.18 bits per heavy atom. The fourth-order valence-electron chi connectivity index (χ4n) is 1.65. The summed E-state index contributed by atoms with van der Waals surface area (Å²) in [6.07, 6.45) is 0. The van der Waals surface area contributed by atoms with Gasteiger partial charge in [-0.3, -0.25) is 0 Å². The van der Waals surface area contributed by atoms with Gasteiger partial charge in [-0.15, -0.1) is 0 Å². The summed E-state index contributed by atoms with van der Waals surface area (Å²) in [7, 11) is -1.04. The van der Waals surface area contributed by atoms with Gasteiger partial charge in [0.25, 0.3) is 0 Å². The molecule has 0 radical (unpaired) electrons. The Labute approximate surface area is 139 Å². The first-order chi connectivity index (χ1) is 10.1. The maximum absolute atomic E-state index is 12.6. The number of nitrogens with zero attached hydrogens (tertiary/aromatic N) is 1. The van der Waals surface area contributed by atoms with Crippen molar-refractivity contribution in [1.29, 1.82) is 5.26 Å². The number of benzene rings is 1. The number of methoxy groups -OCH3 is 2. The molecule has 1 rings (SSSR count). The average molecular weight is 391 g/mol. The van der Waals surface area contributed by atoms with Crippen molar-refractivity contribution in [2.75, 3.05) is 14.2 Å². The van der Waals surface area contributed by atoms with Crippen LogP contribution in [0.1, 0.15) is 20.8 Å². The summed E-state index contributed by atoms with van der Waals surface area (Å²) in [5.74, 6) is 0.487. The van der Waals surface area contributed by atoms with Crippen molar-refractivity contribution < 1.29 is 17.9 Å². The van der Waals surface area contributed by atoms with Gasteiger partial charge in [0.1, 0.15) is 10.4 Å². The topological polar surface area (TPSA) is 88.4 Å². The highest BCUT2D eigenvalue weighted by molar-refractivity contribution is 9.10. The molecular weight excluding hydrogens is 372 g/mol. The molecule has 0 saturated carbocycles. The lowest BCUT2D eigenvalue weighted by Crippen LogP contribution is -2.48. The second-order valence-corrected chi connectivity index (χ2v) is 7.72. The molecule has 1 atom stereocenters. The summed E-state index contributed by atoms with van der Waals surface area (Å²) in [5, 5.41) is 9.28. The van der Waals surface area contributed by atoms with Crippen molar-refractivity contribution in [3.05, 3.63) is 16.6 Å². The third kappa shape index (κ3) is 3.72. The van der Waals surface area contributed by atoms with Crippen LogP contribution >= 0.6 is 15.9 Å². The summed E-state index contributed by atoms with van der Waals surface area (Å²) in [5.41, 5.74) is -1.22. The summed E-state index contributed by atoms with van der Waals surface area (Å²) in [6.45, 7) is 5.09. The van der Waals surface area contributed by atoms with E-state index in [1.807, 2.05) is 6.07 Å². The van der Waals surface area contributed by atoms with Crippen molar-refractivity contribution in [2.24, 2.45) is 5.92 Å². The predicted molar refractivity (Wildman–Crippen MR) is 86.4 cm³/mol. The Bertz CT molecular complexity index is 698. The van der Waals surface area contributed by atoms with Gasteiger partial charge in [0.05, 0.1) is 20.3 Å². The molecule has 1 aromatic rings. The minimum absolute atomic E-state index is 0.0210. The molecule has 0 spiro atoms. The highest BCUT2D eigenvalue weighted by atomic mass is 79.9. The Morgan fingerprint density at radius 1 is 1.27 bits per heavy atom. The predicted octanol–water partition coefficient (Wildman–Crippen LogP) is 2.68. The molecule has 22 heavy (non-hydrogen) atoms. The van der Waals surface area contributed by atoms with Crippen molar-refractivity contribution in [1.82, 2.24) is 4.72 Å². The van der Waals surface area contributed by atoms with Gasteiger partial charge in [0.2, 0.25) is 10.0 Å². The Kier molecular flexibility index (Phi) is 5.84. The van der Waals surface area contributed by atoms with E-state index in [2.05, 4.69) is 20.7 Å². The van der Waals surface area contributed by atoms with Gasteiger partial charge in [-0.25, -0.2) is 8.42 Å². The molecule has 1 aromatic carbocycles. The first-order valence-electron chi connectivity index (χ1n) is 6.48. The minimum Gasteiger partial charge on any atom is -0.493 e. The van der Waals surface area contributed by atoms with Crippen LogP contribution in [0.5, 0.6) is 11.5 Å². The van der Waals surface area contributed by atoms with E-state index in [0.29, 0.717) is 10.2 Å². The summed E-state index contributed by atoms with van der Waals surface area (Å²) in [6, 6.07) is 4.87. The van der Waals surface area contributed by atoms with Crippen LogP contribution in [0.2, 0.25) is 0 Å². The van der Waals surface area contributed by atoms with Gasteiger partial charge >= 0.3 is 0 Å². The lowest BCUT2D eigenvalue weighted by molar-refractivity contribution is 0.353. The summed E-state index contributed by atoms with van der Waals surface area (Å²) >= 11 is 3.22. The van der Waals surface area contributed by atoms with Crippen LogP contribution in [0, 0.1) is 17.2 Å². The molecule has 0 aliphatic rings. The Balaban J connectivity index is 3.39. The quantitative estimate of drug-likeness (QED) is 0.806. The molecule has 0 unspecified atom stereocenters. The molecule has 0 aromatic heterocycles. The molecule has 122 valence electrons. The first-order valence-corrected chi connectivity index (χ1v) is 8.75. The van der Waals surface area contributed by atoms with E-state index < -0.39 is 15.6 Å². The van der Waals surface area contributed by atoms with Crippen molar-refractivity contribution >= 4 is 26.0 Å². The number of nitrogens with one attached hydrogen (secondary N) is 1. The number of halogens is 1. The highest BCUT2D eigenvalue weighted by Crippen LogP contribution is 2.36. The fourth-order valence-corrected chi connectivity index (χ4v) is 4.13. The van der Waals surface area contributed by atoms with Crippen LogP contribution in [-0.2, 0) is 10.0 Å². The van der Waals surface area contributed by atoms with Crippen molar-refractivity contribution in [2.45, 2.75) is 31.2 Å². The van der Waals surface area contributed by atoms with Crippen LogP contribution in [0.3, 0.4) is 0 Å². The second-order valence-electron chi connectivity index (χ2n) is 5.21. The lowest BCUT2D eigenvalue weighted by atomic mass is 9.92. The Morgan fingerprint density at radius 2 is 1.77 bits per heavy atom. The van der Waals surface area contributed by atoms with Gasteiger partial charge in [-0.05, 0) is 34.8 Å². The molecule has 0 saturated heterocycles. The highest BCUT2D eigenvalue weighted by Gasteiger charge is 2.35. The maximum Gasteiger partial charge on any atom is 0.243 e. The van der Waals surface area contributed by atoms with E-state index in [1.54, 1.807) is 20.8 Å². The average Bonchev–Trinajstić information content (AvgIpc) is 2.45. The number of hydrogen-bond donors (Lipinski definition) is 1. The molecule has 0 heterocycles. The summed E-state index contributed by atoms with van der Waals surface area (Å²) in [4.78, 5) is -0.0210. The van der Waals surface area contributed by atoms with Gasteiger partial charge in [-0.2, -0.15) is 9.98 Å². The van der Waals surface area contributed by atoms with Crippen molar-refractivity contribution in [3.8, 4) is 17.6 Å². The van der Waals surface area contributed by atoms with Crippen LogP contribution < -0.4 is 14.2 Å². The molecule has 0 fully saturated rings. The third-order valence-corrected chi connectivity index (χ3v) is 5.99. The number of rotatable bonds is 6. The second kappa shape index (κ2) is 6.86. The number of hydrogen-bond acceptors (Lipinski definition) is 5. The normalized spacial score (nSPS) is 14.3. The molecular formula is C14H19BrN2O4S. The number of nitriles is 1. The zero-order valence-electron chi connectivity index (χ0n) is 13.1. The molecule has 0 aliphatic carbocycles. The zero-order chi connectivity index (χ0) is 17.1. The van der Waals surface area contributed by atoms with E-state index in [4.69, 9.17) is 9.47 Å². The van der Waals surface area contributed by atoms with E-state index in [9.17, 15) is 13.7 Å². The number of ether oxygens (including phenoxy) is 2. The largest absolute Gasteiger partial charge is 0.493 e. The lowest BCUT2D eigenvalue weighted by Gasteiger charge is -2.27. The van der Waals surface area contributed by atoms with Crippen molar-refractivity contribution in [3.63, 3.8) is 0 Å². The van der Waals surface area contributed by atoms with E-state index >= 15 is 0 Å². The van der Waals surface area contributed by atoms with Gasteiger partial charge in [-0.1, -0.05) is 13.8 Å². The molecule has 0 amide bonds. The SMILES string of the molecule is COc1cc(Br)c(S(=O)(=O)N[C@@](C)(C#N)C(C)C)cc1OC. The van der Waals surface area contributed by atoms with Gasteiger partial charge in [0, 0.05) is 10.5 Å². The van der Waals surface area contributed by atoms with Crippen LogP contribution in [0.25, 0.3) is 0 Å². The van der Waals surface area contributed by atoms with E-state index in [1.165, 1.54) is 26.4 Å². The first kappa shape index (κ1) is 18.7. The summed E-state index contributed by atoms with van der Waals surface area (Å²) < 4.78 is 38.2. The standard InChI is InChI=1S/C14H19BrN2O4S/c1-9(2)14(3,8-16)17-22(18,19)13-7-12(21-5)11(20-4)6-10(13)15/h6-7,9,17H,1-5H3/t14-/m0/s1. The maximum atomic E-state index is 12.6. The van der Waals surface area contributed by atoms with Crippen LogP contribution in [0.4, 0.5) is 0 Å². The van der Waals surface area contributed by atoms with Gasteiger partial charge in [0.15, 0.2) is 11.5 Å². The number of sulfonamides is 1. The molecule has 1 N–H and O–H groups in total. The third-order valence-electron chi connectivity index (χ3n) is 3.46. The molecule has 0 aliphatic heterocycles. The fraction of sp³-hybridized carbons (Fsp3) is 0.500. The van der Waals surface area contributed by atoms with Crippen LogP contribution in [0.15, 0.2) is 21.5 Å². The van der Waals surface area contributed by atoms with Gasteiger partial charge < -0.3 is 9.47 Å². The van der Waals surface area contributed by atoms with Crippen LogP contribution in [-0.4, -0.2) is 28.2 Å². The zero-order valence-corrected chi connectivity index (χ0v) is 15.5. The van der Waals surface area contributed by atoms with E-state index in [0.717, 1.165) is 0 Å². The monoisotopic (exact) mass is 390 g/mol. The smallest absolute Gasteiger partial charge is 0.243 e. The molecule has 8 heteroatoms.